The van der Waals surface area contributed by atoms with Gasteiger partial charge in [-0.1, -0.05) is 41.9 Å². The lowest BCUT2D eigenvalue weighted by atomic mass is 10.1. The van der Waals surface area contributed by atoms with Crippen molar-refractivity contribution in [3.63, 3.8) is 0 Å². The molecule has 4 aromatic rings. The van der Waals surface area contributed by atoms with Crippen LogP contribution in [-0.4, -0.2) is 37.8 Å². The summed E-state index contributed by atoms with van der Waals surface area (Å²) in [6, 6.07) is 21.9. The number of carbonyl (C=O) groups excluding carboxylic acids is 2. The summed E-state index contributed by atoms with van der Waals surface area (Å²) in [7, 11) is -3.96. The lowest BCUT2D eigenvalue weighted by molar-refractivity contribution is -0.142. The van der Waals surface area contributed by atoms with Crippen LogP contribution in [0.15, 0.2) is 102 Å². The fraction of sp³-hybridized carbons (Fsp3) is 0.161. The van der Waals surface area contributed by atoms with Gasteiger partial charge in [-0.3, -0.25) is 14.3 Å². The summed E-state index contributed by atoms with van der Waals surface area (Å²) in [5.74, 6) is -1.68. The predicted octanol–water partition coefficient (Wildman–Crippen LogP) is 5.53. The van der Waals surface area contributed by atoms with Crippen LogP contribution < -0.4 is 14.8 Å². The van der Waals surface area contributed by atoms with Crippen molar-refractivity contribution in [2.45, 2.75) is 31.0 Å². The van der Waals surface area contributed by atoms with Gasteiger partial charge in [0.25, 0.3) is 15.9 Å². The summed E-state index contributed by atoms with van der Waals surface area (Å²) in [6.45, 7) is 1.28. The molecule has 0 spiro atoms. The standard InChI is InChI=1S/C31H28ClF2N3O5S/c1-21(31(39)35-18-23-4-2-3-5-29(23)32)37(19-22-6-8-24(33)9-7-22)30(38)20-42-27-14-16-28(17-15-27)43(40,41)36-26-12-10-25(34)11-13-26/h2-17,21,36H,18-20H2,1H3,(H,35,39)/t21-/m1/s1. The summed E-state index contributed by atoms with van der Waals surface area (Å²) >= 11 is 6.18. The second kappa shape index (κ2) is 14.1. The predicted molar refractivity (Wildman–Crippen MR) is 159 cm³/mol. The highest BCUT2D eigenvalue weighted by molar-refractivity contribution is 7.92. The molecule has 8 nitrogen and oxygen atoms in total. The first-order chi connectivity index (χ1) is 20.5. The normalized spacial score (nSPS) is 11.8. The second-order valence-corrected chi connectivity index (χ2v) is 11.6. The van der Waals surface area contributed by atoms with Crippen LogP contribution in [-0.2, 0) is 32.7 Å². The van der Waals surface area contributed by atoms with Crippen LogP contribution >= 0.6 is 11.6 Å². The second-order valence-electron chi connectivity index (χ2n) is 9.51. The largest absolute Gasteiger partial charge is 0.484 e. The molecule has 0 radical (unpaired) electrons. The van der Waals surface area contributed by atoms with E-state index in [2.05, 4.69) is 10.0 Å². The van der Waals surface area contributed by atoms with Crippen molar-refractivity contribution in [1.29, 1.82) is 0 Å². The molecule has 4 aromatic carbocycles. The maximum Gasteiger partial charge on any atom is 0.261 e. The maximum atomic E-state index is 13.5. The van der Waals surface area contributed by atoms with Crippen molar-refractivity contribution in [2.24, 2.45) is 0 Å². The van der Waals surface area contributed by atoms with E-state index in [9.17, 15) is 26.8 Å². The summed E-state index contributed by atoms with van der Waals surface area (Å²) in [5, 5.41) is 3.28. The van der Waals surface area contributed by atoms with E-state index >= 15 is 0 Å². The molecule has 0 heterocycles. The molecular formula is C31H28ClF2N3O5S. The summed E-state index contributed by atoms with van der Waals surface area (Å²) < 4.78 is 59.9. The molecule has 0 aliphatic heterocycles. The van der Waals surface area contributed by atoms with Crippen molar-refractivity contribution >= 4 is 39.1 Å². The number of nitrogens with one attached hydrogen (secondary N) is 2. The van der Waals surface area contributed by atoms with Gasteiger partial charge >= 0.3 is 0 Å². The van der Waals surface area contributed by atoms with Gasteiger partial charge in [0.2, 0.25) is 5.91 Å². The van der Waals surface area contributed by atoms with Crippen LogP contribution in [0.3, 0.4) is 0 Å². The smallest absolute Gasteiger partial charge is 0.261 e. The van der Waals surface area contributed by atoms with Crippen molar-refractivity contribution in [1.82, 2.24) is 10.2 Å². The number of hydrogen-bond donors (Lipinski definition) is 2. The van der Waals surface area contributed by atoms with Crippen molar-refractivity contribution in [2.75, 3.05) is 11.3 Å². The molecule has 0 fully saturated rings. The zero-order chi connectivity index (χ0) is 31.0. The van der Waals surface area contributed by atoms with Crippen molar-refractivity contribution < 1.29 is 31.5 Å². The average Bonchev–Trinajstić information content (AvgIpc) is 3.00. The third-order valence-corrected chi connectivity index (χ3v) is 8.20. The lowest BCUT2D eigenvalue weighted by Gasteiger charge is -2.29. The Morgan fingerprint density at radius 2 is 1.49 bits per heavy atom. The minimum absolute atomic E-state index is 0.00932. The molecule has 0 saturated carbocycles. The molecule has 1 atom stereocenters. The third kappa shape index (κ3) is 8.76. The Morgan fingerprint density at radius 1 is 0.884 bits per heavy atom. The summed E-state index contributed by atoms with van der Waals surface area (Å²) in [5.41, 5.74) is 1.50. The van der Waals surface area contributed by atoms with Gasteiger partial charge < -0.3 is 15.0 Å². The highest BCUT2D eigenvalue weighted by Gasteiger charge is 2.27. The molecular weight excluding hydrogens is 600 g/mol. The van der Waals surface area contributed by atoms with Crippen LogP contribution in [0.25, 0.3) is 0 Å². The van der Waals surface area contributed by atoms with Crippen LogP contribution in [0.5, 0.6) is 5.75 Å². The van der Waals surface area contributed by atoms with Gasteiger partial charge in [0.15, 0.2) is 6.61 Å². The topological polar surface area (TPSA) is 105 Å². The van der Waals surface area contributed by atoms with Crippen LogP contribution in [0.2, 0.25) is 5.02 Å². The molecule has 2 amide bonds. The number of anilines is 1. The molecule has 0 aliphatic carbocycles. The Balaban J connectivity index is 1.42. The van der Waals surface area contributed by atoms with E-state index in [1.54, 1.807) is 31.2 Å². The Hall–Kier alpha value is -4.48. The van der Waals surface area contributed by atoms with Crippen molar-refractivity contribution in [3.05, 3.63) is 125 Å². The number of rotatable bonds is 12. The SMILES string of the molecule is C[C@H](C(=O)NCc1ccccc1Cl)N(Cc1ccc(F)cc1)C(=O)COc1ccc(S(=O)(=O)Nc2ccc(F)cc2)cc1. The third-order valence-electron chi connectivity index (χ3n) is 6.44. The quantitative estimate of drug-likeness (QED) is 0.215. The first-order valence-electron chi connectivity index (χ1n) is 13.1. The fourth-order valence-electron chi connectivity index (χ4n) is 4.02. The zero-order valence-corrected chi connectivity index (χ0v) is 24.5. The summed E-state index contributed by atoms with van der Waals surface area (Å²) in [4.78, 5) is 27.6. The monoisotopic (exact) mass is 627 g/mol. The number of ether oxygens (including phenoxy) is 1. The molecule has 224 valence electrons. The number of benzene rings is 4. The van der Waals surface area contributed by atoms with Crippen LogP contribution in [0.1, 0.15) is 18.1 Å². The van der Waals surface area contributed by atoms with Crippen molar-refractivity contribution in [3.8, 4) is 5.75 Å². The Morgan fingerprint density at radius 3 is 2.12 bits per heavy atom. The van der Waals surface area contributed by atoms with E-state index < -0.39 is 46.1 Å². The minimum Gasteiger partial charge on any atom is -0.484 e. The molecule has 0 aromatic heterocycles. The highest BCUT2D eigenvalue weighted by atomic mass is 35.5. The number of nitrogens with zero attached hydrogens (tertiary/aromatic N) is 1. The first-order valence-corrected chi connectivity index (χ1v) is 14.9. The molecule has 4 rings (SSSR count). The number of halogens is 3. The van der Waals surface area contributed by atoms with Gasteiger partial charge in [-0.25, -0.2) is 17.2 Å². The Labute approximate surface area is 253 Å². The van der Waals surface area contributed by atoms with E-state index in [4.69, 9.17) is 16.3 Å². The van der Waals surface area contributed by atoms with E-state index in [0.717, 1.165) is 12.1 Å². The number of amides is 2. The minimum atomic E-state index is -3.96. The summed E-state index contributed by atoms with van der Waals surface area (Å²) in [6.07, 6.45) is 0. The van der Waals surface area contributed by atoms with Gasteiger partial charge in [-0.15, -0.1) is 0 Å². The first kappa shape index (κ1) is 31.5. The molecule has 12 heteroatoms. The van der Waals surface area contributed by atoms with E-state index in [1.807, 2.05) is 0 Å². The molecule has 0 aliphatic rings. The van der Waals surface area contributed by atoms with E-state index in [1.165, 1.54) is 65.6 Å². The molecule has 0 unspecified atom stereocenters. The zero-order valence-electron chi connectivity index (χ0n) is 23.0. The van der Waals surface area contributed by atoms with E-state index in [-0.39, 0.29) is 29.4 Å². The highest BCUT2D eigenvalue weighted by Crippen LogP contribution is 2.20. The molecule has 0 bridgehead atoms. The Kier molecular flexibility index (Phi) is 10.3. The van der Waals surface area contributed by atoms with Gasteiger partial charge in [0, 0.05) is 23.8 Å². The molecule has 0 saturated heterocycles. The number of hydrogen-bond acceptors (Lipinski definition) is 5. The maximum absolute atomic E-state index is 13.5. The van der Waals surface area contributed by atoms with E-state index in [0.29, 0.717) is 16.1 Å². The Bertz CT molecular complexity index is 1670. The van der Waals surface area contributed by atoms with Crippen LogP contribution in [0.4, 0.5) is 14.5 Å². The average molecular weight is 628 g/mol. The van der Waals surface area contributed by atoms with Gasteiger partial charge in [-0.2, -0.15) is 0 Å². The number of sulfonamides is 1. The van der Waals surface area contributed by atoms with Crippen LogP contribution in [0, 0.1) is 11.6 Å². The van der Waals surface area contributed by atoms with Gasteiger partial charge in [0.1, 0.15) is 23.4 Å². The number of carbonyl (C=O) groups is 2. The lowest BCUT2D eigenvalue weighted by Crippen LogP contribution is -2.48. The van der Waals surface area contributed by atoms with Gasteiger partial charge in [-0.05, 0) is 84.8 Å². The van der Waals surface area contributed by atoms with Gasteiger partial charge in [0.05, 0.1) is 4.90 Å². The molecule has 43 heavy (non-hydrogen) atoms. The fourth-order valence-corrected chi connectivity index (χ4v) is 5.28. The molecule has 2 N–H and O–H groups in total.